The van der Waals surface area contributed by atoms with Crippen LogP contribution < -0.4 is 10.5 Å². The molecule has 0 aliphatic carbocycles. The minimum absolute atomic E-state index is 0.0614. The minimum Gasteiger partial charge on any atom is -0.494 e. The summed E-state index contributed by atoms with van der Waals surface area (Å²) in [5, 5.41) is 0. The summed E-state index contributed by atoms with van der Waals surface area (Å²) in [5.41, 5.74) is 7.11. The van der Waals surface area contributed by atoms with Crippen LogP contribution in [0.2, 0.25) is 0 Å². The van der Waals surface area contributed by atoms with Crippen LogP contribution in [0.4, 0.5) is 0 Å². The number of benzene rings is 1. The van der Waals surface area contributed by atoms with E-state index < -0.39 is 0 Å². The average molecular weight is 237 g/mol. The molecule has 96 valence electrons. The first-order valence-electron chi connectivity index (χ1n) is 6.25. The minimum atomic E-state index is 0.0614. The number of aryl methyl sites for hydroxylation is 1. The molecule has 0 aliphatic rings. The van der Waals surface area contributed by atoms with Gasteiger partial charge in [-0.05, 0) is 37.5 Å². The lowest BCUT2D eigenvalue weighted by atomic mass is 10.2. The molecule has 0 spiro atoms. The third-order valence-corrected chi connectivity index (χ3v) is 2.43. The zero-order valence-electron chi connectivity index (χ0n) is 10.8. The van der Waals surface area contributed by atoms with Crippen molar-refractivity contribution < 1.29 is 9.47 Å². The van der Waals surface area contributed by atoms with Crippen molar-refractivity contribution in [3.05, 3.63) is 29.8 Å². The molecular weight excluding hydrogens is 214 g/mol. The number of hydrogen-bond donors (Lipinski definition) is 1. The molecule has 0 aliphatic heterocycles. The van der Waals surface area contributed by atoms with Crippen LogP contribution in [0.3, 0.4) is 0 Å². The zero-order chi connectivity index (χ0) is 12.5. The Labute approximate surface area is 104 Å². The van der Waals surface area contributed by atoms with Gasteiger partial charge >= 0.3 is 0 Å². The molecule has 3 heteroatoms. The van der Waals surface area contributed by atoms with Gasteiger partial charge in [0, 0.05) is 12.6 Å². The van der Waals surface area contributed by atoms with Crippen molar-refractivity contribution in [1.29, 1.82) is 0 Å². The number of nitrogens with two attached hydrogens (primary N) is 1. The van der Waals surface area contributed by atoms with Crippen molar-refractivity contribution in [2.24, 2.45) is 5.73 Å². The molecule has 1 aromatic rings. The van der Waals surface area contributed by atoms with E-state index in [9.17, 15) is 0 Å². The lowest BCUT2D eigenvalue weighted by Gasteiger charge is -2.12. The Morgan fingerprint density at radius 1 is 1.29 bits per heavy atom. The maximum atomic E-state index is 5.90. The first-order valence-corrected chi connectivity index (χ1v) is 6.25. The van der Waals surface area contributed by atoms with Crippen LogP contribution in [0, 0.1) is 6.92 Å². The summed E-state index contributed by atoms with van der Waals surface area (Å²) < 4.78 is 11.0. The molecule has 2 N–H and O–H groups in total. The molecule has 0 radical (unpaired) electrons. The molecule has 0 fully saturated rings. The molecule has 1 aromatic carbocycles. The van der Waals surface area contributed by atoms with Gasteiger partial charge in [-0.1, -0.05) is 19.1 Å². The molecule has 0 heterocycles. The summed E-state index contributed by atoms with van der Waals surface area (Å²) in [6.45, 7) is 6.18. The molecule has 1 unspecified atom stereocenters. The van der Waals surface area contributed by atoms with E-state index in [1.165, 1.54) is 5.56 Å². The maximum absolute atomic E-state index is 5.90. The fourth-order valence-corrected chi connectivity index (χ4v) is 1.50. The Morgan fingerprint density at radius 3 is 2.82 bits per heavy atom. The maximum Gasteiger partial charge on any atom is 0.119 e. The third kappa shape index (κ3) is 6.29. The van der Waals surface area contributed by atoms with Gasteiger partial charge in [0.2, 0.25) is 0 Å². The van der Waals surface area contributed by atoms with Gasteiger partial charge < -0.3 is 15.2 Å². The molecule has 1 atom stereocenters. The van der Waals surface area contributed by atoms with Crippen LogP contribution in [0.15, 0.2) is 24.3 Å². The summed E-state index contributed by atoms with van der Waals surface area (Å²) in [4.78, 5) is 0. The summed E-state index contributed by atoms with van der Waals surface area (Å²) >= 11 is 0. The molecule has 1 rings (SSSR count). The Balaban J connectivity index is 2.14. The quantitative estimate of drug-likeness (QED) is 0.707. The van der Waals surface area contributed by atoms with E-state index in [2.05, 4.69) is 19.9 Å². The normalized spacial score (nSPS) is 12.4. The predicted octanol–water partition coefficient (Wildman–Crippen LogP) is 2.52. The van der Waals surface area contributed by atoms with E-state index in [0.29, 0.717) is 13.2 Å². The van der Waals surface area contributed by atoms with Crippen molar-refractivity contribution in [2.45, 2.75) is 32.7 Å². The van der Waals surface area contributed by atoms with E-state index in [0.717, 1.165) is 25.2 Å². The van der Waals surface area contributed by atoms with Gasteiger partial charge in [-0.15, -0.1) is 0 Å². The Kier molecular flexibility index (Phi) is 6.67. The molecular formula is C14H23NO2. The van der Waals surface area contributed by atoms with Crippen LogP contribution in [0.5, 0.6) is 5.75 Å². The van der Waals surface area contributed by atoms with Gasteiger partial charge in [0.1, 0.15) is 5.75 Å². The third-order valence-electron chi connectivity index (χ3n) is 2.43. The molecule has 0 amide bonds. The highest BCUT2D eigenvalue weighted by molar-refractivity contribution is 5.27. The van der Waals surface area contributed by atoms with Gasteiger partial charge in [0.05, 0.1) is 13.2 Å². The highest BCUT2D eigenvalue weighted by atomic mass is 16.5. The molecule has 0 aromatic heterocycles. The Hall–Kier alpha value is -1.06. The summed E-state index contributed by atoms with van der Waals surface area (Å²) in [7, 11) is 0. The topological polar surface area (TPSA) is 44.5 Å². The second kappa shape index (κ2) is 8.09. The second-order valence-electron chi connectivity index (χ2n) is 4.29. The molecule has 0 saturated heterocycles. The fraction of sp³-hybridized carbons (Fsp3) is 0.571. The Bertz CT molecular complexity index is 315. The van der Waals surface area contributed by atoms with E-state index in [1.807, 2.05) is 18.2 Å². The van der Waals surface area contributed by atoms with Crippen molar-refractivity contribution in [2.75, 3.05) is 19.8 Å². The van der Waals surface area contributed by atoms with Crippen molar-refractivity contribution in [1.82, 2.24) is 0 Å². The van der Waals surface area contributed by atoms with E-state index >= 15 is 0 Å². The SMILES string of the molecule is CCCOCC(N)CCOc1cccc(C)c1. The second-order valence-corrected chi connectivity index (χ2v) is 4.29. The zero-order valence-corrected chi connectivity index (χ0v) is 10.8. The largest absolute Gasteiger partial charge is 0.494 e. The van der Waals surface area contributed by atoms with Gasteiger partial charge in [-0.25, -0.2) is 0 Å². The van der Waals surface area contributed by atoms with Crippen molar-refractivity contribution in [3.8, 4) is 5.75 Å². The van der Waals surface area contributed by atoms with Crippen LogP contribution in [0.25, 0.3) is 0 Å². The van der Waals surface area contributed by atoms with Gasteiger partial charge in [0.15, 0.2) is 0 Å². The smallest absolute Gasteiger partial charge is 0.119 e. The van der Waals surface area contributed by atoms with E-state index in [-0.39, 0.29) is 6.04 Å². The molecule has 0 saturated carbocycles. The van der Waals surface area contributed by atoms with Crippen molar-refractivity contribution in [3.63, 3.8) is 0 Å². The van der Waals surface area contributed by atoms with E-state index in [1.54, 1.807) is 0 Å². The van der Waals surface area contributed by atoms with Gasteiger partial charge in [-0.2, -0.15) is 0 Å². The standard InChI is InChI=1S/C14H23NO2/c1-3-8-16-11-13(15)7-9-17-14-6-4-5-12(2)10-14/h4-6,10,13H,3,7-9,11,15H2,1-2H3. The van der Waals surface area contributed by atoms with Crippen LogP contribution in [-0.4, -0.2) is 25.9 Å². The lowest BCUT2D eigenvalue weighted by molar-refractivity contribution is 0.114. The van der Waals surface area contributed by atoms with Crippen LogP contribution in [-0.2, 0) is 4.74 Å². The molecule has 17 heavy (non-hydrogen) atoms. The number of rotatable bonds is 8. The van der Waals surface area contributed by atoms with Gasteiger partial charge in [0.25, 0.3) is 0 Å². The fourth-order valence-electron chi connectivity index (χ4n) is 1.50. The van der Waals surface area contributed by atoms with Gasteiger partial charge in [-0.3, -0.25) is 0 Å². The van der Waals surface area contributed by atoms with Crippen molar-refractivity contribution >= 4 is 0 Å². The molecule has 3 nitrogen and oxygen atoms in total. The molecule has 0 bridgehead atoms. The van der Waals surface area contributed by atoms with Crippen LogP contribution >= 0.6 is 0 Å². The predicted molar refractivity (Wildman–Crippen MR) is 70.4 cm³/mol. The highest BCUT2D eigenvalue weighted by Gasteiger charge is 2.03. The number of hydrogen-bond acceptors (Lipinski definition) is 3. The van der Waals surface area contributed by atoms with E-state index in [4.69, 9.17) is 15.2 Å². The summed E-state index contributed by atoms with van der Waals surface area (Å²) in [5.74, 6) is 0.909. The number of ether oxygens (including phenoxy) is 2. The highest BCUT2D eigenvalue weighted by Crippen LogP contribution is 2.12. The van der Waals surface area contributed by atoms with Crippen LogP contribution in [0.1, 0.15) is 25.3 Å². The summed E-state index contributed by atoms with van der Waals surface area (Å²) in [6.07, 6.45) is 1.85. The summed E-state index contributed by atoms with van der Waals surface area (Å²) in [6, 6.07) is 8.10. The first-order chi connectivity index (χ1) is 8.22. The monoisotopic (exact) mass is 237 g/mol. The average Bonchev–Trinajstić information content (AvgIpc) is 2.29. The Morgan fingerprint density at radius 2 is 2.12 bits per heavy atom. The lowest BCUT2D eigenvalue weighted by Crippen LogP contribution is -2.28. The first kappa shape index (κ1) is 14.0.